The van der Waals surface area contributed by atoms with Crippen LogP contribution in [-0.4, -0.2) is 88.1 Å². The first-order valence-corrected chi connectivity index (χ1v) is 25.0. The Labute approximate surface area is 374 Å². The Hall–Kier alpha value is -2.67. The van der Waals surface area contributed by atoms with E-state index < -0.39 is 64.0 Å². The van der Waals surface area contributed by atoms with Gasteiger partial charge in [-0.2, -0.15) is 0 Å². The number of esters is 2. The SMILES string of the molecule is CC/C=C\C[C@H](O)/C=C/C=C\C/C=C\C=C\[C@H](O)/C=C\CCCC(=O)O[C@H](COC(=O)CCCCCCCCCCCCCCCCC(C)CC)COP(=O)(O)OC[C@@H](O)CO. The summed E-state index contributed by atoms with van der Waals surface area (Å²) in [4.78, 5) is 35.1. The number of allylic oxidation sites excluding steroid dienone is 8. The predicted octanol–water partition coefficient (Wildman–Crippen LogP) is 10.6. The first kappa shape index (κ1) is 59.3. The van der Waals surface area contributed by atoms with Crippen LogP contribution in [0.25, 0.3) is 0 Å². The maximum absolute atomic E-state index is 12.6. The van der Waals surface area contributed by atoms with Crippen molar-refractivity contribution in [3.8, 4) is 0 Å². The molecule has 0 saturated heterocycles. The van der Waals surface area contributed by atoms with Gasteiger partial charge in [-0.15, -0.1) is 0 Å². The van der Waals surface area contributed by atoms with Gasteiger partial charge < -0.3 is 34.8 Å². The highest BCUT2D eigenvalue weighted by molar-refractivity contribution is 7.47. The fourth-order valence-corrected chi connectivity index (χ4v) is 6.85. The lowest BCUT2D eigenvalue weighted by atomic mass is 9.99. The monoisotopic (exact) mass is 897 g/mol. The van der Waals surface area contributed by atoms with Gasteiger partial charge in [-0.1, -0.05) is 190 Å². The molecule has 0 aromatic heterocycles. The van der Waals surface area contributed by atoms with E-state index in [-0.39, 0.29) is 19.4 Å². The summed E-state index contributed by atoms with van der Waals surface area (Å²) >= 11 is 0. The summed E-state index contributed by atoms with van der Waals surface area (Å²) in [6.45, 7) is 4.34. The van der Waals surface area contributed by atoms with E-state index in [2.05, 4.69) is 18.4 Å². The summed E-state index contributed by atoms with van der Waals surface area (Å²) in [6, 6.07) is 0. The molecule has 0 radical (unpaired) electrons. The van der Waals surface area contributed by atoms with Crippen LogP contribution >= 0.6 is 7.82 Å². The largest absolute Gasteiger partial charge is 0.472 e. The number of hydrogen-bond acceptors (Lipinski definition) is 11. The van der Waals surface area contributed by atoms with Gasteiger partial charge in [-0.05, 0) is 44.4 Å². The summed E-state index contributed by atoms with van der Waals surface area (Å²) < 4.78 is 32.6. The quantitative estimate of drug-likeness (QED) is 0.0128. The van der Waals surface area contributed by atoms with Gasteiger partial charge in [-0.3, -0.25) is 18.6 Å². The lowest BCUT2D eigenvalue weighted by Crippen LogP contribution is -2.29. The van der Waals surface area contributed by atoms with E-state index >= 15 is 0 Å². The second-order valence-corrected chi connectivity index (χ2v) is 17.5. The molecule has 358 valence electrons. The normalized spacial score (nSPS) is 15.9. The summed E-state index contributed by atoms with van der Waals surface area (Å²) in [7, 11) is -4.68. The molecule has 0 aromatic carbocycles. The third-order valence-corrected chi connectivity index (χ3v) is 11.0. The third kappa shape index (κ3) is 41.3. The maximum Gasteiger partial charge on any atom is 0.472 e. The van der Waals surface area contributed by atoms with Crippen LogP contribution in [0.4, 0.5) is 0 Å². The minimum absolute atomic E-state index is 0.00422. The maximum atomic E-state index is 12.6. The highest BCUT2D eigenvalue weighted by Gasteiger charge is 2.27. The molecule has 0 aromatic rings. The van der Waals surface area contributed by atoms with Crippen molar-refractivity contribution in [1.29, 1.82) is 0 Å². The van der Waals surface area contributed by atoms with Crippen LogP contribution in [0.5, 0.6) is 0 Å². The summed E-state index contributed by atoms with van der Waals surface area (Å²) in [5.41, 5.74) is 0. The second kappa shape index (κ2) is 42.3. The van der Waals surface area contributed by atoms with Gasteiger partial charge in [0, 0.05) is 12.8 Å². The van der Waals surface area contributed by atoms with Gasteiger partial charge >= 0.3 is 19.8 Å². The van der Waals surface area contributed by atoms with E-state index in [1.165, 1.54) is 77.0 Å². The zero-order chi connectivity index (χ0) is 45.9. The number of ether oxygens (including phenoxy) is 2. The average molecular weight is 897 g/mol. The summed E-state index contributed by atoms with van der Waals surface area (Å²) in [6.07, 6.45) is 40.8. The molecule has 0 fully saturated rings. The van der Waals surface area contributed by atoms with E-state index in [0.717, 1.165) is 31.6 Å². The van der Waals surface area contributed by atoms with Crippen LogP contribution in [0.1, 0.15) is 168 Å². The molecule has 0 spiro atoms. The Kier molecular flexibility index (Phi) is 40.5. The van der Waals surface area contributed by atoms with Crippen molar-refractivity contribution in [2.75, 3.05) is 26.4 Å². The van der Waals surface area contributed by atoms with Gasteiger partial charge in [0.2, 0.25) is 0 Å². The first-order valence-electron chi connectivity index (χ1n) is 23.5. The second-order valence-electron chi connectivity index (χ2n) is 16.0. The number of phosphoric ester groups is 1. The zero-order valence-corrected chi connectivity index (χ0v) is 39.3. The highest BCUT2D eigenvalue weighted by atomic mass is 31.2. The molecule has 6 atom stereocenters. The molecule has 2 unspecified atom stereocenters. The van der Waals surface area contributed by atoms with Gasteiger partial charge in [0.25, 0.3) is 0 Å². The standard InChI is InChI=1S/C49H85O12P/c1-4-6-25-33-44(51)34-27-21-17-15-18-22-28-35-45(52)36-29-24-31-38-49(55)61-47(42-60-62(56,57)59-40-46(53)39-50)41-58-48(54)37-30-23-19-14-12-10-8-7-9-11-13-16-20-26-32-43(3)5-2/h6,17-18,21-22,25,27-29,34-36,43-47,50-53H,4-5,7-16,19-20,23-24,26,30-33,37-42H2,1-3H3,(H,56,57)/b21-17-,22-18-,25-6-,34-27+,35-28+,36-29-/t43?,44-,45-,46-,47+/m0/s1. The number of aliphatic hydroxyl groups is 4. The average Bonchev–Trinajstić information content (AvgIpc) is 3.25. The van der Waals surface area contributed by atoms with Crippen LogP contribution < -0.4 is 0 Å². The third-order valence-electron chi connectivity index (χ3n) is 10.1. The van der Waals surface area contributed by atoms with Crippen LogP contribution in [0.2, 0.25) is 0 Å². The van der Waals surface area contributed by atoms with E-state index in [0.29, 0.717) is 32.1 Å². The Balaban J connectivity index is 4.49. The number of aliphatic hydroxyl groups excluding tert-OH is 4. The van der Waals surface area contributed by atoms with E-state index in [1.807, 2.05) is 49.5 Å². The van der Waals surface area contributed by atoms with Crippen molar-refractivity contribution in [3.05, 3.63) is 72.9 Å². The van der Waals surface area contributed by atoms with Gasteiger partial charge in [0.1, 0.15) is 12.7 Å². The molecule has 0 amide bonds. The number of carbonyl (C=O) groups excluding carboxylic acids is 2. The molecule has 0 rings (SSSR count). The minimum atomic E-state index is -4.68. The fraction of sp³-hybridized carbons (Fsp3) is 0.714. The molecule has 0 aliphatic heterocycles. The molecule has 62 heavy (non-hydrogen) atoms. The molecular formula is C49H85O12P. The number of unbranched alkanes of at least 4 members (excludes halogenated alkanes) is 14. The smallest absolute Gasteiger partial charge is 0.462 e. The molecule has 0 heterocycles. The summed E-state index contributed by atoms with van der Waals surface area (Å²) in [5.74, 6) is -0.246. The summed E-state index contributed by atoms with van der Waals surface area (Å²) in [5, 5.41) is 38.4. The Morgan fingerprint density at radius 3 is 1.79 bits per heavy atom. The first-order chi connectivity index (χ1) is 29.9. The van der Waals surface area contributed by atoms with Crippen LogP contribution in [0.3, 0.4) is 0 Å². The van der Waals surface area contributed by atoms with Crippen LogP contribution in [-0.2, 0) is 32.7 Å². The zero-order valence-electron chi connectivity index (χ0n) is 38.4. The molecule has 12 nitrogen and oxygen atoms in total. The fourth-order valence-electron chi connectivity index (χ4n) is 6.06. The minimum Gasteiger partial charge on any atom is -0.462 e. The molecule has 0 aliphatic rings. The van der Waals surface area contributed by atoms with Gasteiger partial charge in [0.05, 0.1) is 32.0 Å². The molecule has 0 bridgehead atoms. The van der Waals surface area contributed by atoms with E-state index in [4.69, 9.17) is 19.1 Å². The van der Waals surface area contributed by atoms with Crippen molar-refractivity contribution < 1.29 is 58.0 Å². The van der Waals surface area contributed by atoms with Crippen molar-refractivity contribution >= 4 is 19.8 Å². The van der Waals surface area contributed by atoms with E-state index in [9.17, 15) is 34.4 Å². The number of carbonyl (C=O) groups is 2. The number of phosphoric acid groups is 1. The van der Waals surface area contributed by atoms with Crippen molar-refractivity contribution in [1.82, 2.24) is 0 Å². The number of hydrogen-bond donors (Lipinski definition) is 5. The van der Waals surface area contributed by atoms with Gasteiger partial charge in [0.15, 0.2) is 6.10 Å². The molecular weight excluding hydrogens is 812 g/mol. The topological polar surface area (TPSA) is 189 Å². The van der Waals surface area contributed by atoms with Crippen LogP contribution in [0, 0.1) is 5.92 Å². The lowest BCUT2D eigenvalue weighted by Gasteiger charge is -2.20. The van der Waals surface area contributed by atoms with Crippen LogP contribution in [0.15, 0.2) is 72.9 Å². The molecule has 0 saturated carbocycles. The highest BCUT2D eigenvalue weighted by Crippen LogP contribution is 2.43. The van der Waals surface area contributed by atoms with Gasteiger partial charge in [-0.25, -0.2) is 4.57 Å². The molecule has 0 aliphatic carbocycles. The van der Waals surface area contributed by atoms with Crippen molar-refractivity contribution in [2.24, 2.45) is 5.92 Å². The molecule has 5 N–H and O–H groups in total. The lowest BCUT2D eigenvalue weighted by molar-refractivity contribution is -0.161. The Morgan fingerprint density at radius 1 is 0.629 bits per heavy atom. The van der Waals surface area contributed by atoms with Crippen molar-refractivity contribution in [3.63, 3.8) is 0 Å². The van der Waals surface area contributed by atoms with E-state index in [1.54, 1.807) is 30.4 Å². The Bertz CT molecular complexity index is 1310. The Morgan fingerprint density at radius 2 is 1.19 bits per heavy atom. The van der Waals surface area contributed by atoms with Crippen molar-refractivity contribution in [2.45, 2.75) is 193 Å². The molecule has 13 heteroatoms. The number of rotatable bonds is 42. The predicted molar refractivity (Wildman–Crippen MR) is 249 cm³/mol.